The Hall–Kier alpha value is -2.66. The predicted octanol–water partition coefficient (Wildman–Crippen LogP) is 3.13. The molecule has 0 heterocycles. The summed E-state index contributed by atoms with van der Waals surface area (Å²) >= 11 is 0. The van der Waals surface area contributed by atoms with E-state index in [4.69, 9.17) is 9.47 Å². The van der Waals surface area contributed by atoms with Crippen LogP contribution < -0.4 is 5.32 Å². The second-order valence-corrected chi connectivity index (χ2v) is 6.32. The highest BCUT2D eigenvalue weighted by molar-refractivity contribution is 5.81. The minimum atomic E-state index is -0.607. The zero-order valence-electron chi connectivity index (χ0n) is 15.9. The monoisotopic (exact) mass is 369 g/mol. The van der Waals surface area contributed by atoms with Gasteiger partial charge < -0.3 is 14.8 Å². The number of carbonyl (C=O) groups is 2. The normalized spacial score (nSPS) is 12.8. The van der Waals surface area contributed by atoms with Crippen molar-refractivity contribution in [2.75, 3.05) is 13.2 Å². The van der Waals surface area contributed by atoms with E-state index in [-0.39, 0.29) is 18.4 Å². The summed E-state index contributed by atoms with van der Waals surface area (Å²) in [7, 11) is 0. The van der Waals surface area contributed by atoms with Gasteiger partial charge in [-0.25, -0.2) is 0 Å². The summed E-state index contributed by atoms with van der Waals surface area (Å²) in [4.78, 5) is 24.5. The minimum absolute atomic E-state index is 0.214. The van der Waals surface area contributed by atoms with E-state index in [1.165, 1.54) is 0 Å². The van der Waals surface area contributed by atoms with Crippen LogP contribution in [0.4, 0.5) is 0 Å². The van der Waals surface area contributed by atoms with Crippen molar-refractivity contribution in [2.24, 2.45) is 5.92 Å². The average molecular weight is 369 g/mol. The van der Waals surface area contributed by atoms with Crippen molar-refractivity contribution in [2.45, 2.75) is 33.0 Å². The van der Waals surface area contributed by atoms with Gasteiger partial charge in [-0.2, -0.15) is 0 Å². The van der Waals surface area contributed by atoms with Crippen molar-refractivity contribution in [1.29, 1.82) is 0 Å². The number of amides is 1. The summed E-state index contributed by atoms with van der Waals surface area (Å²) < 4.78 is 10.8. The molecule has 0 radical (unpaired) electrons. The van der Waals surface area contributed by atoms with Gasteiger partial charge in [-0.15, -0.1) is 0 Å². The Bertz CT molecular complexity index is 703. The Kier molecular flexibility index (Phi) is 8.52. The molecule has 1 N–H and O–H groups in total. The van der Waals surface area contributed by atoms with Gasteiger partial charge in [0.05, 0.1) is 19.1 Å². The van der Waals surface area contributed by atoms with Crippen LogP contribution in [-0.4, -0.2) is 31.1 Å². The number of nitrogens with one attached hydrogen (secondary N) is 1. The molecule has 0 spiro atoms. The van der Waals surface area contributed by atoms with Crippen molar-refractivity contribution in [3.05, 3.63) is 71.8 Å². The third-order valence-corrected chi connectivity index (χ3v) is 4.18. The number of hydrogen-bond donors (Lipinski definition) is 1. The van der Waals surface area contributed by atoms with Crippen molar-refractivity contribution in [1.82, 2.24) is 5.32 Å². The number of rotatable bonds is 10. The number of ether oxygens (including phenoxy) is 2. The lowest BCUT2D eigenvalue weighted by molar-refractivity contribution is -0.148. The quantitative estimate of drug-likeness (QED) is 0.654. The first kappa shape index (κ1) is 20.6. The zero-order chi connectivity index (χ0) is 19.5. The molecule has 0 fully saturated rings. The van der Waals surface area contributed by atoms with Gasteiger partial charge in [0.2, 0.25) is 5.91 Å². The minimum Gasteiger partial charge on any atom is -0.466 e. The molecular weight excluding hydrogens is 342 g/mol. The molecule has 0 aliphatic carbocycles. The van der Waals surface area contributed by atoms with E-state index in [9.17, 15) is 9.59 Å². The molecule has 27 heavy (non-hydrogen) atoms. The van der Waals surface area contributed by atoms with Crippen molar-refractivity contribution < 1.29 is 19.1 Å². The first-order valence-corrected chi connectivity index (χ1v) is 9.24. The van der Waals surface area contributed by atoms with Crippen LogP contribution in [0.25, 0.3) is 0 Å². The summed E-state index contributed by atoms with van der Waals surface area (Å²) in [6.45, 7) is 4.37. The van der Waals surface area contributed by atoms with E-state index in [1.54, 1.807) is 13.8 Å². The van der Waals surface area contributed by atoms with Crippen LogP contribution in [0.1, 0.15) is 25.0 Å². The Morgan fingerprint density at radius 2 is 1.56 bits per heavy atom. The van der Waals surface area contributed by atoms with Crippen molar-refractivity contribution in [3.63, 3.8) is 0 Å². The third kappa shape index (κ3) is 7.23. The van der Waals surface area contributed by atoms with Gasteiger partial charge >= 0.3 is 5.97 Å². The lowest BCUT2D eigenvalue weighted by atomic mass is 9.99. The fourth-order valence-electron chi connectivity index (χ4n) is 2.64. The maximum atomic E-state index is 12.3. The topological polar surface area (TPSA) is 64.6 Å². The fraction of sp³-hybridized carbons (Fsp3) is 0.364. The fourth-order valence-corrected chi connectivity index (χ4v) is 2.64. The van der Waals surface area contributed by atoms with E-state index in [0.29, 0.717) is 19.6 Å². The van der Waals surface area contributed by atoms with Gasteiger partial charge in [0.15, 0.2) is 0 Å². The lowest BCUT2D eigenvalue weighted by Crippen LogP contribution is -2.40. The SMILES string of the molecule is CCOC(=O)C(CNC(=O)C(C)OCc1ccccc1)Cc1ccccc1. The average Bonchev–Trinajstić information content (AvgIpc) is 2.70. The smallest absolute Gasteiger partial charge is 0.311 e. The molecule has 0 aromatic heterocycles. The maximum absolute atomic E-state index is 12.3. The number of esters is 1. The van der Waals surface area contributed by atoms with E-state index < -0.39 is 12.0 Å². The Morgan fingerprint density at radius 3 is 2.15 bits per heavy atom. The van der Waals surface area contributed by atoms with E-state index >= 15 is 0 Å². The molecule has 5 heteroatoms. The van der Waals surface area contributed by atoms with Crippen LogP contribution in [0.3, 0.4) is 0 Å². The molecular formula is C22H27NO4. The van der Waals surface area contributed by atoms with Gasteiger partial charge in [-0.3, -0.25) is 9.59 Å². The van der Waals surface area contributed by atoms with Crippen molar-refractivity contribution in [3.8, 4) is 0 Å². The number of carbonyl (C=O) groups excluding carboxylic acids is 2. The molecule has 2 unspecified atom stereocenters. The molecule has 0 bridgehead atoms. The molecule has 1 amide bonds. The number of hydrogen-bond acceptors (Lipinski definition) is 4. The molecule has 2 atom stereocenters. The summed E-state index contributed by atoms with van der Waals surface area (Å²) in [5, 5.41) is 2.81. The molecule has 2 aromatic rings. The lowest BCUT2D eigenvalue weighted by Gasteiger charge is -2.18. The maximum Gasteiger partial charge on any atom is 0.311 e. The second-order valence-electron chi connectivity index (χ2n) is 6.32. The summed E-state index contributed by atoms with van der Waals surface area (Å²) in [5.74, 6) is -0.981. The van der Waals surface area contributed by atoms with Crippen LogP contribution >= 0.6 is 0 Å². The van der Waals surface area contributed by atoms with E-state index in [0.717, 1.165) is 11.1 Å². The van der Waals surface area contributed by atoms with Gasteiger partial charge in [0, 0.05) is 6.54 Å². The summed E-state index contributed by atoms with van der Waals surface area (Å²) in [6.07, 6.45) is -0.0936. The largest absolute Gasteiger partial charge is 0.466 e. The standard InChI is InChI=1S/C22H27NO4/c1-3-26-22(25)20(14-18-10-6-4-7-11-18)15-23-21(24)17(2)27-16-19-12-8-5-9-13-19/h4-13,17,20H,3,14-16H2,1-2H3,(H,23,24). The summed E-state index contributed by atoms with van der Waals surface area (Å²) in [5.41, 5.74) is 2.03. The Balaban J connectivity index is 1.86. The van der Waals surface area contributed by atoms with Gasteiger partial charge in [0.25, 0.3) is 0 Å². The van der Waals surface area contributed by atoms with Gasteiger partial charge in [-0.1, -0.05) is 60.7 Å². The summed E-state index contributed by atoms with van der Waals surface area (Å²) in [6, 6.07) is 19.4. The Labute approximate surface area is 160 Å². The highest BCUT2D eigenvalue weighted by Crippen LogP contribution is 2.11. The molecule has 2 aromatic carbocycles. The molecule has 5 nitrogen and oxygen atoms in total. The second kappa shape index (κ2) is 11.1. The predicted molar refractivity (Wildman–Crippen MR) is 104 cm³/mol. The highest BCUT2D eigenvalue weighted by Gasteiger charge is 2.22. The van der Waals surface area contributed by atoms with Gasteiger partial charge in [-0.05, 0) is 31.4 Å². The van der Waals surface area contributed by atoms with E-state index in [1.807, 2.05) is 60.7 Å². The van der Waals surface area contributed by atoms with E-state index in [2.05, 4.69) is 5.32 Å². The van der Waals surface area contributed by atoms with Gasteiger partial charge in [0.1, 0.15) is 6.10 Å². The van der Waals surface area contributed by atoms with Crippen molar-refractivity contribution >= 4 is 11.9 Å². The number of benzene rings is 2. The first-order chi connectivity index (χ1) is 13.1. The van der Waals surface area contributed by atoms with Crippen LogP contribution in [0.2, 0.25) is 0 Å². The molecule has 0 aliphatic heterocycles. The van der Waals surface area contributed by atoms with Crippen LogP contribution in [0, 0.1) is 5.92 Å². The molecule has 144 valence electrons. The van der Waals surface area contributed by atoms with Crippen LogP contribution in [0.5, 0.6) is 0 Å². The molecule has 0 saturated carbocycles. The first-order valence-electron chi connectivity index (χ1n) is 9.24. The molecule has 0 aliphatic rings. The zero-order valence-corrected chi connectivity index (χ0v) is 15.9. The molecule has 0 saturated heterocycles. The third-order valence-electron chi connectivity index (χ3n) is 4.18. The Morgan fingerprint density at radius 1 is 0.963 bits per heavy atom. The van der Waals surface area contributed by atoms with Crippen LogP contribution in [-0.2, 0) is 32.1 Å². The van der Waals surface area contributed by atoms with Crippen LogP contribution in [0.15, 0.2) is 60.7 Å². The molecule has 2 rings (SSSR count). The highest BCUT2D eigenvalue weighted by atomic mass is 16.5.